The van der Waals surface area contributed by atoms with E-state index in [2.05, 4.69) is 20.6 Å². The summed E-state index contributed by atoms with van der Waals surface area (Å²) < 4.78 is 11.3. The number of aromatic nitrogens is 2. The molecule has 0 saturated carbocycles. The summed E-state index contributed by atoms with van der Waals surface area (Å²) in [6.45, 7) is 1.56. The molecule has 7 nitrogen and oxygen atoms in total. The molecule has 1 unspecified atom stereocenters. The van der Waals surface area contributed by atoms with Crippen molar-refractivity contribution < 1.29 is 13.9 Å². The fraction of sp³-hybridized carbons (Fsp3) is 0.278. The minimum absolute atomic E-state index is 0.0614. The van der Waals surface area contributed by atoms with Gasteiger partial charge in [-0.05, 0) is 35.9 Å². The summed E-state index contributed by atoms with van der Waals surface area (Å²) >= 11 is 6.11. The molecule has 1 saturated heterocycles. The van der Waals surface area contributed by atoms with Crippen molar-refractivity contribution in [1.82, 2.24) is 15.3 Å². The SMILES string of the molecule is O=C1CC(COc2cccc3c(NCc4ccco4)nc(Cl)nc23)CN1. The topological polar surface area (TPSA) is 89.3 Å². The van der Waals surface area contributed by atoms with Crippen LogP contribution in [0.4, 0.5) is 5.82 Å². The Morgan fingerprint density at radius 1 is 1.31 bits per heavy atom. The number of fused-ring (bicyclic) bond motifs is 1. The number of carbonyl (C=O) groups excluding carboxylic acids is 1. The van der Waals surface area contributed by atoms with Crippen molar-refractivity contribution in [3.63, 3.8) is 0 Å². The second-order valence-corrected chi connectivity index (χ2v) is 6.45. The van der Waals surface area contributed by atoms with Gasteiger partial charge in [-0.25, -0.2) is 9.97 Å². The number of furan rings is 1. The summed E-state index contributed by atoms with van der Waals surface area (Å²) in [6.07, 6.45) is 2.10. The molecule has 0 bridgehead atoms. The highest BCUT2D eigenvalue weighted by molar-refractivity contribution is 6.29. The van der Waals surface area contributed by atoms with Crippen LogP contribution in [0.1, 0.15) is 12.2 Å². The van der Waals surface area contributed by atoms with Crippen LogP contribution < -0.4 is 15.4 Å². The predicted molar refractivity (Wildman–Crippen MR) is 97.2 cm³/mol. The lowest BCUT2D eigenvalue weighted by atomic mass is 10.1. The fourth-order valence-corrected chi connectivity index (χ4v) is 3.09. The van der Waals surface area contributed by atoms with Gasteiger partial charge in [-0.15, -0.1) is 0 Å². The van der Waals surface area contributed by atoms with Crippen LogP contribution >= 0.6 is 11.6 Å². The van der Waals surface area contributed by atoms with Crippen molar-refractivity contribution in [3.8, 4) is 5.75 Å². The number of para-hydroxylation sites is 1. The van der Waals surface area contributed by atoms with Crippen LogP contribution in [-0.4, -0.2) is 29.0 Å². The van der Waals surface area contributed by atoms with Crippen LogP contribution in [0.3, 0.4) is 0 Å². The molecule has 0 radical (unpaired) electrons. The van der Waals surface area contributed by atoms with Gasteiger partial charge in [0.05, 0.1) is 19.4 Å². The third-order valence-electron chi connectivity index (χ3n) is 4.21. The molecule has 3 heterocycles. The van der Waals surface area contributed by atoms with Crippen molar-refractivity contribution in [3.05, 3.63) is 47.6 Å². The third kappa shape index (κ3) is 3.57. The Labute approximate surface area is 154 Å². The van der Waals surface area contributed by atoms with Crippen LogP contribution in [-0.2, 0) is 11.3 Å². The van der Waals surface area contributed by atoms with Gasteiger partial charge in [0, 0.05) is 24.3 Å². The lowest BCUT2D eigenvalue weighted by Gasteiger charge is -2.13. The van der Waals surface area contributed by atoms with Crippen LogP contribution in [0.5, 0.6) is 5.75 Å². The Balaban J connectivity index is 1.57. The number of nitrogens with one attached hydrogen (secondary N) is 2. The molecule has 2 N–H and O–H groups in total. The molecule has 0 spiro atoms. The number of halogens is 1. The molecular weight excluding hydrogens is 356 g/mol. The number of carbonyl (C=O) groups is 1. The summed E-state index contributed by atoms with van der Waals surface area (Å²) in [4.78, 5) is 19.9. The van der Waals surface area contributed by atoms with Crippen LogP contribution in [0, 0.1) is 5.92 Å². The van der Waals surface area contributed by atoms with Gasteiger partial charge in [0.25, 0.3) is 0 Å². The summed E-state index contributed by atoms with van der Waals surface area (Å²) in [5.41, 5.74) is 0.631. The van der Waals surface area contributed by atoms with E-state index in [4.69, 9.17) is 20.8 Å². The number of ether oxygens (including phenoxy) is 1. The van der Waals surface area contributed by atoms with Gasteiger partial charge in [-0.1, -0.05) is 6.07 Å². The third-order valence-corrected chi connectivity index (χ3v) is 4.38. The van der Waals surface area contributed by atoms with Crippen molar-refractivity contribution in [2.24, 2.45) is 5.92 Å². The molecule has 1 atom stereocenters. The quantitative estimate of drug-likeness (QED) is 0.646. The van der Waals surface area contributed by atoms with E-state index < -0.39 is 0 Å². The largest absolute Gasteiger partial charge is 0.491 e. The predicted octanol–water partition coefficient (Wildman–Crippen LogP) is 3.00. The second kappa shape index (κ2) is 7.21. The first kappa shape index (κ1) is 16.7. The van der Waals surface area contributed by atoms with Gasteiger partial charge in [0.1, 0.15) is 22.8 Å². The first-order valence-electron chi connectivity index (χ1n) is 8.31. The van der Waals surface area contributed by atoms with Crippen molar-refractivity contribution in [2.75, 3.05) is 18.5 Å². The highest BCUT2D eigenvalue weighted by atomic mass is 35.5. The van der Waals surface area contributed by atoms with E-state index in [1.807, 2.05) is 30.3 Å². The van der Waals surface area contributed by atoms with Crippen molar-refractivity contribution in [1.29, 1.82) is 0 Å². The first-order chi connectivity index (χ1) is 12.7. The van der Waals surface area contributed by atoms with Gasteiger partial charge in [0.2, 0.25) is 11.2 Å². The van der Waals surface area contributed by atoms with Gasteiger partial charge >= 0.3 is 0 Å². The fourth-order valence-electron chi connectivity index (χ4n) is 2.92. The Morgan fingerprint density at radius 3 is 3.00 bits per heavy atom. The van der Waals surface area contributed by atoms with Crippen LogP contribution in [0.15, 0.2) is 41.0 Å². The zero-order valence-corrected chi connectivity index (χ0v) is 14.6. The highest BCUT2D eigenvalue weighted by Crippen LogP contribution is 2.30. The molecule has 8 heteroatoms. The maximum atomic E-state index is 11.3. The lowest BCUT2D eigenvalue weighted by Crippen LogP contribution is -2.17. The molecule has 2 aromatic heterocycles. The molecule has 1 fully saturated rings. The van der Waals surface area contributed by atoms with Crippen molar-refractivity contribution in [2.45, 2.75) is 13.0 Å². The van der Waals surface area contributed by atoms with Gasteiger partial charge in [0.15, 0.2) is 0 Å². The number of benzene rings is 1. The number of rotatable bonds is 6. The average Bonchev–Trinajstić information content (AvgIpc) is 3.29. The smallest absolute Gasteiger partial charge is 0.225 e. The number of amides is 1. The summed E-state index contributed by atoms with van der Waals surface area (Å²) in [7, 11) is 0. The van der Waals surface area contributed by atoms with E-state index in [9.17, 15) is 4.79 Å². The summed E-state index contributed by atoms with van der Waals surface area (Å²) in [5.74, 6) is 2.24. The van der Waals surface area contributed by atoms with Crippen LogP contribution in [0.2, 0.25) is 5.28 Å². The molecule has 0 aliphatic carbocycles. The van der Waals surface area contributed by atoms with Gasteiger partial charge in [-0.2, -0.15) is 0 Å². The molecule has 26 heavy (non-hydrogen) atoms. The number of hydrogen-bond donors (Lipinski definition) is 2. The molecule has 4 rings (SSSR count). The maximum absolute atomic E-state index is 11.3. The lowest BCUT2D eigenvalue weighted by molar-refractivity contribution is -0.119. The number of hydrogen-bond acceptors (Lipinski definition) is 6. The molecular formula is C18H17ClN4O3. The van der Waals surface area contributed by atoms with E-state index in [1.165, 1.54) is 0 Å². The zero-order valence-electron chi connectivity index (χ0n) is 13.9. The molecule has 1 aromatic carbocycles. The van der Waals surface area contributed by atoms with E-state index in [0.717, 1.165) is 11.1 Å². The minimum atomic E-state index is 0.0614. The second-order valence-electron chi connectivity index (χ2n) is 6.11. The normalized spacial score (nSPS) is 16.7. The Kier molecular flexibility index (Phi) is 4.62. The summed E-state index contributed by atoms with van der Waals surface area (Å²) in [6, 6.07) is 9.33. The molecule has 1 aliphatic rings. The highest BCUT2D eigenvalue weighted by Gasteiger charge is 2.22. The molecule has 1 amide bonds. The monoisotopic (exact) mass is 372 g/mol. The van der Waals surface area contributed by atoms with E-state index in [1.54, 1.807) is 6.26 Å². The number of anilines is 1. The molecule has 134 valence electrons. The van der Waals surface area contributed by atoms with Gasteiger partial charge < -0.3 is 19.8 Å². The van der Waals surface area contributed by atoms with Crippen LogP contribution in [0.25, 0.3) is 10.9 Å². The standard InChI is InChI=1S/C18H17ClN4O3/c19-18-22-16-13(17(23-18)21-9-12-3-2-6-25-12)4-1-5-14(16)26-10-11-7-15(24)20-8-11/h1-6,11H,7-10H2,(H,20,24)(H,21,22,23). The first-order valence-corrected chi connectivity index (χ1v) is 8.69. The Hall–Kier alpha value is -2.80. The molecule has 3 aromatic rings. The Morgan fingerprint density at radius 2 is 2.23 bits per heavy atom. The maximum Gasteiger partial charge on any atom is 0.225 e. The van der Waals surface area contributed by atoms with E-state index >= 15 is 0 Å². The van der Waals surface area contributed by atoms with E-state index in [0.29, 0.717) is 43.2 Å². The minimum Gasteiger partial charge on any atom is -0.491 e. The molecule has 1 aliphatic heterocycles. The van der Waals surface area contributed by atoms with Crippen molar-refractivity contribution >= 4 is 34.2 Å². The zero-order chi connectivity index (χ0) is 17.9. The van der Waals surface area contributed by atoms with E-state index in [-0.39, 0.29) is 17.1 Å². The summed E-state index contributed by atoms with van der Waals surface area (Å²) in [5, 5.41) is 6.97. The number of nitrogens with zero attached hydrogens (tertiary/aromatic N) is 2. The van der Waals surface area contributed by atoms with Gasteiger partial charge in [-0.3, -0.25) is 4.79 Å². The Bertz CT molecular complexity index is 930. The average molecular weight is 373 g/mol.